The van der Waals surface area contributed by atoms with Gasteiger partial charge in [0.15, 0.2) is 0 Å². The predicted octanol–water partition coefficient (Wildman–Crippen LogP) is 3.83. The van der Waals surface area contributed by atoms with Crippen LogP contribution in [0.5, 0.6) is 0 Å². The first-order chi connectivity index (χ1) is 9.20. The summed E-state index contributed by atoms with van der Waals surface area (Å²) < 4.78 is 0. The van der Waals surface area contributed by atoms with Crippen LogP contribution >= 0.6 is 36.3 Å². The molecule has 0 saturated heterocycles. The van der Waals surface area contributed by atoms with E-state index in [0.717, 1.165) is 22.0 Å². The third-order valence-electron chi connectivity index (χ3n) is 2.51. The van der Waals surface area contributed by atoms with Crippen LogP contribution < -0.4 is 5.32 Å². The Morgan fingerprint density at radius 2 is 2.26 bits per heavy atom. The number of benzene rings is 1. The van der Waals surface area contributed by atoms with Crippen molar-refractivity contribution in [2.24, 2.45) is 0 Å². The zero-order valence-corrected chi connectivity index (χ0v) is 13.6. The fourth-order valence-corrected chi connectivity index (χ4v) is 3.61. The van der Waals surface area contributed by atoms with E-state index in [0.29, 0.717) is 12.1 Å². The Morgan fingerprint density at radius 3 is 2.95 bits per heavy atom. The maximum Gasteiger partial charge on any atom is 0.252 e. The first-order valence-corrected chi connectivity index (χ1v) is 9.31. The average Bonchev–Trinajstić information content (AvgIpc) is 2.84. The Balaban J connectivity index is 1.90. The van der Waals surface area contributed by atoms with E-state index in [2.05, 4.69) is 25.1 Å². The lowest BCUT2D eigenvalue weighted by Gasteiger charge is -2.07. The monoisotopic (exact) mass is 356 g/mol. The number of hydrogen-bond donors (Lipinski definition) is 1. The summed E-state index contributed by atoms with van der Waals surface area (Å²) in [6.07, 6.45) is 0.772. The van der Waals surface area contributed by atoms with Crippen LogP contribution in [0.1, 0.15) is 21.1 Å². The Kier molecular flexibility index (Phi) is 5.42. The molecule has 0 aliphatic rings. The van der Waals surface area contributed by atoms with E-state index in [1.165, 1.54) is 10.2 Å². The van der Waals surface area contributed by atoms with Crippen LogP contribution in [0.4, 0.5) is 0 Å². The molecule has 2 aromatic rings. The average molecular weight is 357 g/mol. The molecule has 0 aliphatic heterocycles. The molecule has 0 fully saturated rings. The van der Waals surface area contributed by atoms with Gasteiger partial charge in [0.1, 0.15) is 0 Å². The lowest BCUT2D eigenvalue weighted by molar-refractivity contribution is 0.0951. The molecule has 1 aromatic heterocycles. The van der Waals surface area contributed by atoms with Crippen molar-refractivity contribution >= 4 is 42.3 Å². The zero-order chi connectivity index (χ0) is 13.7. The molecule has 0 saturated carbocycles. The summed E-state index contributed by atoms with van der Waals surface area (Å²) in [4.78, 5) is 17.3. The molecule has 1 amide bonds. The third-order valence-corrected chi connectivity index (χ3v) is 5.10. The molecule has 100 valence electrons. The summed E-state index contributed by atoms with van der Waals surface area (Å²) in [5, 5.41) is 6.00. The molecule has 0 atom stereocenters. The lowest BCUT2D eigenvalue weighted by atomic mass is 10.2. The van der Waals surface area contributed by atoms with Crippen molar-refractivity contribution < 1.29 is 4.79 Å². The van der Waals surface area contributed by atoms with Crippen molar-refractivity contribution in [2.45, 2.75) is 18.2 Å². The van der Waals surface area contributed by atoms with Crippen molar-refractivity contribution in [3.63, 3.8) is 0 Å². The van der Waals surface area contributed by atoms with Gasteiger partial charge in [0.25, 0.3) is 5.91 Å². The molecule has 3 nitrogen and oxygen atoms in total. The summed E-state index contributed by atoms with van der Waals surface area (Å²) >= 11 is 4.94. The summed E-state index contributed by atoms with van der Waals surface area (Å²) in [6.45, 7) is 2.58. The van der Waals surface area contributed by atoms with Gasteiger partial charge in [-0.2, -0.15) is 0 Å². The van der Waals surface area contributed by atoms with Gasteiger partial charge in [-0.25, -0.2) is 4.98 Å². The van der Waals surface area contributed by atoms with E-state index in [1.54, 1.807) is 11.3 Å². The highest BCUT2D eigenvalue weighted by Gasteiger charge is 2.10. The number of aryl methyl sites for hydroxylation is 1. The standard InChI is InChI=1S/C13H13BrN2OS2/c1-9-8-18-12(16-9)6-7-15-13(17)10-4-2-3-5-11(10)19-14/h2-5,8H,6-7H2,1H3,(H,15,17). The Hall–Kier alpha value is -0.850. The van der Waals surface area contributed by atoms with E-state index >= 15 is 0 Å². The highest BCUT2D eigenvalue weighted by atomic mass is 79.9. The van der Waals surface area contributed by atoms with Crippen molar-refractivity contribution in [2.75, 3.05) is 6.54 Å². The molecule has 6 heteroatoms. The number of nitrogens with zero attached hydrogens (tertiary/aromatic N) is 1. The second kappa shape index (κ2) is 7.07. The molecule has 19 heavy (non-hydrogen) atoms. The largest absolute Gasteiger partial charge is 0.352 e. The minimum Gasteiger partial charge on any atom is -0.352 e. The zero-order valence-electron chi connectivity index (χ0n) is 10.4. The fourth-order valence-electron chi connectivity index (χ4n) is 1.62. The second-order valence-electron chi connectivity index (χ2n) is 3.96. The van der Waals surface area contributed by atoms with Gasteiger partial charge >= 0.3 is 0 Å². The Bertz CT molecular complexity index is 571. The predicted molar refractivity (Wildman–Crippen MR) is 84.1 cm³/mol. The van der Waals surface area contributed by atoms with Gasteiger partial charge in [-0.1, -0.05) is 12.1 Å². The number of rotatable bonds is 5. The number of amides is 1. The van der Waals surface area contributed by atoms with Crippen LogP contribution in [0, 0.1) is 6.92 Å². The number of hydrogen-bond acceptors (Lipinski definition) is 4. The highest BCUT2D eigenvalue weighted by Crippen LogP contribution is 2.27. The van der Waals surface area contributed by atoms with Crippen LogP contribution in [0.15, 0.2) is 34.5 Å². The number of thiazole rings is 1. The Morgan fingerprint density at radius 1 is 1.47 bits per heavy atom. The molecule has 0 radical (unpaired) electrons. The van der Waals surface area contributed by atoms with Gasteiger partial charge in [-0.3, -0.25) is 4.79 Å². The lowest BCUT2D eigenvalue weighted by Crippen LogP contribution is -2.26. The summed E-state index contributed by atoms with van der Waals surface area (Å²) in [5.74, 6) is -0.0455. The van der Waals surface area contributed by atoms with Gasteiger partial charge < -0.3 is 5.32 Å². The first kappa shape index (κ1) is 14.6. The van der Waals surface area contributed by atoms with Gasteiger partial charge in [-0.15, -0.1) is 11.3 Å². The van der Waals surface area contributed by atoms with Gasteiger partial charge in [0.2, 0.25) is 0 Å². The van der Waals surface area contributed by atoms with Crippen LogP contribution in [-0.4, -0.2) is 17.4 Å². The SMILES string of the molecule is Cc1csc(CCNC(=O)c2ccccc2SBr)n1. The number of halogens is 1. The topological polar surface area (TPSA) is 42.0 Å². The minimum absolute atomic E-state index is 0.0455. The molecule has 0 aliphatic carbocycles. The third kappa shape index (κ3) is 4.06. The molecule has 1 N–H and O–H groups in total. The normalized spacial score (nSPS) is 10.4. The van der Waals surface area contributed by atoms with Crippen LogP contribution in [0.2, 0.25) is 0 Å². The smallest absolute Gasteiger partial charge is 0.252 e. The maximum atomic E-state index is 12.1. The van der Waals surface area contributed by atoms with Crippen LogP contribution in [0.3, 0.4) is 0 Å². The van der Waals surface area contributed by atoms with Crippen molar-refractivity contribution in [3.05, 3.63) is 45.9 Å². The number of carbonyl (C=O) groups excluding carboxylic acids is 1. The number of aromatic nitrogens is 1. The van der Waals surface area contributed by atoms with E-state index in [9.17, 15) is 4.79 Å². The molecular weight excluding hydrogens is 344 g/mol. The first-order valence-electron chi connectivity index (χ1n) is 5.77. The highest BCUT2D eigenvalue weighted by molar-refractivity contribution is 9.50. The van der Waals surface area contributed by atoms with Crippen molar-refractivity contribution in [1.29, 1.82) is 0 Å². The molecule has 1 aromatic carbocycles. The van der Waals surface area contributed by atoms with Gasteiger partial charge in [-0.05, 0) is 44.1 Å². The van der Waals surface area contributed by atoms with Crippen LogP contribution in [-0.2, 0) is 6.42 Å². The maximum absolute atomic E-state index is 12.1. The summed E-state index contributed by atoms with van der Waals surface area (Å²) in [7, 11) is 1.40. The Labute approximate surface area is 128 Å². The molecule has 1 heterocycles. The minimum atomic E-state index is -0.0455. The van der Waals surface area contributed by atoms with Gasteiger partial charge in [0, 0.05) is 28.9 Å². The van der Waals surface area contributed by atoms with Crippen molar-refractivity contribution in [1.82, 2.24) is 10.3 Å². The number of carbonyl (C=O) groups is 1. The number of nitrogens with one attached hydrogen (secondary N) is 1. The second-order valence-corrected chi connectivity index (χ2v) is 6.47. The molecular formula is C13H13BrN2OS2. The van der Waals surface area contributed by atoms with E-state index in [4.69, 9.17) is 0 Å². The molecule has 2 rings (SSSR count). The van der Waals surface area contributed by atoms with Crippen molar-refractivity contribution in [3.8, 4) is 0 Å². The molecule has 0 bridgehead atoms. The van der Waals surface area contributed by atoms with Gasteiger partial charge in [0.05, 0.1) is 10.6 Å². The quantitative estimate of drug-likeness (QED) is 0.885. The fraction of sp³-hybridized carbons (Fsp3) is 0.231. The van der Waals surface area contributed by atoms with Crippen LogP contribution in [0.25, 0.3) is 0 Å². The van der Waals surface area contributed by atoms with E-state index in [-0.39, 0.29) is 5.91 Å². The molecule has 0 unspecified atom stereocenters. The van der Waals surface area contributed by atoms with E-state index in [1.807, 2.05) is 36.6 Å². The van der Waals surface area contributed by atoms with E-state index < -0.39 is 0 Å². The summed E-state index contributed by atoms with van der Waals surface area (Å²) in [5.41, 5.74) is 1.73. The molecule has 0 spiro atoms. The summed E-state index contributed by atoms with van der Waals surface area (Å²) in [6, 6.07) is 7.52.